The highest BCUT2D eigenvalue weighted by Gasteiger charge is 2.37. The van der Waals surface area contributed by atoms with Crippen molar-refractivity contribution in [2.45, 2.75) is 12.8 Å². The molecule has 102 valence electrons. The summed E-state index contributed by atoms with van der Waals surface area (Å²) in [4.78, 5) is 25.5. The number of allylic oxidation sites excluding steroid dienone is 1. The first-order valence-corrected chi connectivity index (χ1v) is 5.97. The van der Waals surface area contributed by atoms with Crippen molar-refractivity contribution in [3.8, 4) is 0 Å². The van der Waals surface area contributed by atoms with Crippen molar-refractivity contribution in [1.29, 1.82) is 0 Å². The summed E-state index contributed by atoms with van der Waals surface area (Å²) >= 11 is 0. The summed E-state index contributed by atoms with van der Waals surface area (Å²) in [5.74, 6) is -1.53. The Hall–Kier alpha value is -1.36. The van der Waals surface area contributed by atoms with Gasteiger partial charge in [0.05, 0.1) is 26.1 Å². The Bertz CT molecular complexity index is 349. The first-order chi connectivity index (χ1) is 8.49. The van der Waals surface area contributed by atoms with E-state index < -0.39 is 11.8 Å². The summed E-state index contributed by atoms with van der Waals surface area (Å²) in [5.41, 5.74) is 1.16. The molecule has 1 aliphatic rings. The van der Waals surface area contributed by atoms with E-state index in [1.807, 2.05) is 25.1 Å². The lowest BCUT2D eigenvalue weighted by atomic mass is 9.79. The van der Waals surface area contributed by atoms with E-state index >= 15 is 0 Å². The molecule has 0 unspecified atom stereocenters. The SMILES string of the molecule is COC(=O)[C@H]1CC=C(CN(C)C)C[C@@H]1C(=O)OC. The molecule has 0 aromatic carbocycles. The predicted molar refractivity (Wildman–Crippen MR) is 66.9 cm³/mol. The Morgan fingerprint density at radius 3 is 2.28 bits per heavy atom. The van der Waals surface area contributed by atoms with Gasteiger partial charge in [0.2, 0.25) is 0 Å². The van der Waals surface area contributed by atoms with E-state index in [2.05, 4.69) is 0 Å². The molecule has 0 N–H and O–H groups in total. The molecule has 0 saturated heterocycles. The van der Waals surface area contributed by atoms with Crippen LogP contribution < -0.4 is 0 Å². The van der Waals surface area contributed by atoms with E-state index in [9.17, 15) is 9.59 Å². The molecule has 18 heavy (non-hydrogen) atoms. The van der Waals surface area contributed by atoms with E-state index in [0.29, 0.717) is 12.8 Å². The summed E-state index contributed by atoms with van der Waals surface area (Å²) in [6.45, 7) is 0.793. The highest BCUT2D eigenvalue weighted by atomic mass is 16.5. The molecule has 0 fully saturated rings. The molecule has 0 spiro atoms. The third kappa shape index (κ3) is 3.57. The minimum absolute atomic E-state index is 0.338. The van der Waals surface area contributed by atoms with Crippen molar-refractivity contribution in [1.82, 2.24) is 4.90 Å². The maximum Gasteiger partial charge on any atom is 0.309 e. The van der Waals surface area contributed by atoms with Gasteiger partial charge in [0.25, 0.3) is 0 Å². The summed E-state index contributed by atoms with van der Waals surface area (Å²) in [5, 5.41) is 0. The molecule has 0 heterocycles. The number of hydrogen-bond donors (Lipinski definition) is 0. The van der Waals surface area contributed by atoms with Crippen LogP contribution in [-0.4, -0.2) is 51.7 Å². The lowest BCUT2D eigenvalue weighted by molar-refractivity contribution is -0.157. The Labute approximate surface area is 108 Å². The fourth-order valence-corrected chi connectivity index (χ4v) is 2.31. The topological polar surface area (TPSA) is 55.8 Å². The van der Waals surface area contributed by atoms with Gasteiger partial charge in [-0.1, -0.05) is 11.6 Å². The smallest absolute Gasteiger partial charge is 0.309 e. The largest absolute Gasteiger partial charge is 0.469 e. The quantitative estimate of drug-likeness (QED) is 0.550. The van der Waals surface area contributed by atoms with Gasteiger partial charge in [-0.05, 0) is 26.9 Å². The monoisotopic (exact) mass is 255 g/mol. The van der Waals surface area contributed by atoms with Gasteiger partial charge in [-0.25, -0.2) is 0 Å². The maximum absolute atomic E-state index is 11.8. The van der Waals surface area contributed by atoms with Crippen LogP contribution in [0.1, 0.15) is 12.8 Å². The molecule has 0 radical (unpaired) electrons. The minimum atomic E-state index is -0.428. The molecule has 1 rings (SSSR count). The zero-order chi connectivity index (χ0) is 13.7. The van der Waals surface area contributed by atoms with Gasteiger partial charge in [-0.15, -0.1) is 0 Å². The fourth-order valence-electron chi connectivity index (χ4n) is 2.31. The number of ether oxygens (including phenoxy) is 2. The Kier molecular flexibility index (Phi) is 5.34. The number of rotatable bonds is 4. The van der Waals surface area contributed by atoms with E-state index in [4.69, 9.17) is 9.47 Å². The van der Waals surface area contributed by atoms with Crippen molar-refractivity contribution in [2.24, 2.45) is 11.8 Å². The normalized spacial score (nSPS) is 23.5. The lowest BCUT2D eigenvalue weighted by Crippen LogP contribution is -2.35. The number of methoxy groups -OCH3 is 2. The maximum atomic E-state index is 11.8. The molecule has 0 bridgehead atoms. The second-order valence-corrected chi connectivity index (χ2v) is 4.80. The van der Waals surface area contributed by atoms with Crippen LogP contribution >= 0.6 is 0 Å². The molecular weight excluding hydrogens is 234 g/mol. The molecule has 0 aromatic rings. The number of hydrogen-bond acceptors (Lipinski definition) is 5. The molecule has 0 aromatic heterocycles. The van der Waals surface area contributed by atoms with Crippen LogP contribution in [0.25, 0.3) is 0 Å². The van der Waals surface area contributed by atoms with Crippen molar-refractivity contribution in [2.75, 3.05) is 34.9 Å². The van der Waals surface area contributed by atoms with Gasteiger partial charge >= 0.3 is 11.9 Å². The second kappa shape index (κ2) is 6.54. The fraction of sp³-hybridized carbons (Fsp3) is 0.692. The second-order valence-electron chi connectivity index (χ2n) is 4.80. The summed E-state index contributed by atoms with van der Waals surface area (Å²) in [6, 6.07) is 0. The standard InChI is InChI=1S/C13H21NO4/c1-14(2)8-9-5-6-10(12(15)17-3)11(7-9)13(16)18-4/h5,10-11H,6-8H2,1-4H3/t10-,11-/m0/s1. The zero-order valence-electron chi connectivity index (χ0n) is 11.4. The lowest BCUT2D eigenvalue weighted by Gasteiger charge is -2.28. The van der Waals surface area contributed by atoms with Crippen LogP contribution in [0.3, 0.4) is 0 Å². The number of esters is 2. The van der Waals surface area contributed by atoms with Gasteiger partial charge in [0.15, 0.2) is 0 Å². The highest BCUT2D eigenvalue weighted by Crippen LogP contribution is 2.31. The Morgan fingerprint density at radius 1 is 1.22 bits per heavy atom. The number of carbonyl (C=O) groups excluding carboxylic acids is 2. The van der Waals surface area contributed by atoms with Crippen molar-refractivity contribution in [3.63, 3.8) is 0 Å². The Morgan fingerprint density at radius 2 is 1.78 bits per heavy atom. The molecule has 5 heteroatoms. The van der Waals surface area contributed by atoms with E-state index in [0.717, 1.165) is 12.1 Å². The molecule has 0 saturated carbocycles. The van der Waals surface area contributed by atoms with Crippen LogP contribution in [0.2, 0.25) is 0 Å². The van der Waals surface area contributed by atoms with Crippen molar-refractivity contribution >= 4 is 11.9 Å². The van der Waals surface area contributed by atoms with Crippen LogP contribution in [0.4, 0.5) is 0 Å². The van der Waals surface area contributed by atoms with Gasteiger partial charge in [-0.2, -0.15) is 0 Å². The molecule has 0 amide bonds. The molecule has 0 aliphatic heterocycles. The zero-order valence-corrected chi connectivity index (χ0v) is 11.4. The number of likely N-dealkylation sites (N-methyl/N-ethyl adjacent to an activating group) is 1. The summed E-state index contributed by atoms with van der Waals surface area (Å²) < 4.78 is 9.52. The molecule has 2 atom stereocenters. The Balaban J connectivity index is 2.84. The van der Waals surface area contributed by atoms with Gasteiger partial charge in [-0.3, -0.25) is 9.59 Å². The van der Waals surface area contributed by atoms with Gasteiger partial charge in [0, 0.05) is 6.54 Å². The average Bonchev–Trinajstić information content (AvgIpc) is 2.36. The molecular formula is C13H21NO4. The minimum Gasteiger partial charge on any atom is -0.469 e. The van der Waals surface area contributed by atoms with E-state index in [1.165, 1.54) is 14.2 Å². The number of carbonyl (C=O) groups is 2. The summed E-state index contributed by atoms with van der Waals surface area (Å²) in [6.07, 6.45) is 3.13. The van der Waals surface area contributed by atoms with E-state index in [1.54, 1.807) is 0 Å². The summed E-state index contributed by atoms with van der Waals surface area (Å²) in [7, 11) is 6.64. The molecule has 5 nitrogen and oxygen atoms in total. The van der Waals surface area contributed by atoms with Crippen LogP contribution in [0.5, 0.6) is 0 Å². The first kappa shape index (κ1) is 14.7. The van der Waals surface area contributed by atoms with Crippen molar-refractivity contribution < 1.29 is 19.1 Å². The average molecular weight is 255 g/mol. The van der Waals surface area contributed by atoms with Gasteiger partial charge in [0.1, 0.15) is 0 Å². The van der Waals surface area contributed by atoms with E-state index in [-0.39, 0.29) is 11.9 Å². The first-order valence-electron chi connectivity index (χ1n) is 5.97. The highest BCUT2D eigenvalue weighted by molar-refractivity contribution is 5.82. The third-order valence-corrected chi connectivity index (χ3v) is 3.16. The van der Waals surface area contributed by atoms with Crippen LogP contribution in [0, 0.1) is 11.8 Å². The predicted octanol–water partition coefficient (Wildman–Crippen LogP) is 0.847. The third-order valence-electron chi connectivity index (χ3n) is 3.16. The van der Waals surface area contributed by atoms with Crippen molar-refractivity contribution in [3.05, 3.63) is 11.6 Å². The van der Waals surface area contributed by atoms with Crippen LogP contribution in [0.15, 0.2) is 11.6 Å². The van der Waals surface area contributed by atoms with Crippen LogP contribution in [-0.2, 0) is 19.1 Å². The van der Waals surface area contributed by atoms with Gasteiger partial charge < -0.3 is 14.4 Å². The number of nitrogens with zero attached hydrogens (tertiary/aromatic N) is 1. The molecule has 1 aliphatic carbocycles.